The topological polar surface area (TPSA) is 65.4 Å². The molecule has 0 aromatic heterocycles. The van der Waals surface area contributed by atoms with Crippen molar-refractivity contribution < 1.29 is 9.53 Å². The number of methoxy groups -OCH3 is 1. The number of ether oxygens (including phenoxy) is 1. The number of hydrogen-bond donors (Lipinski definition) is 1. The fourth-order valence-corrected chi connectivity index (χ4v) is 2.68. The van der Waals surface area contributed by atoms with Gasteiger partial charge in [-0.25, -0.2) is 0 Å². The second-order valence-corrected chi connectivity index (χ2v) is 5.31. The number of anilines is 1. The summed E-state index contributed by atoms with van der Waals surface area (Å²) in [5.41, 5.74) is 3.86. The number of rotatable bonds is 4. The molecular weight excluding hydrogens is 290 g/mol. The predicted molar refractivity (Wildman–Crippen MR) is 88.0 cm³/mol. The van der Waals surface area contributed by atoms with Crippen molar-refractivity contribution in [1.82, 2.24) is 4.90 Å². The first-order valence-corrected chi connectivity index (χ1v) is 7.40. The number of nitrogens with one attached hydrogen (secondary N) is 1. The molecule has 0 bridgehead atoms. The Morgan fingerprint density at radius 1 is 1.26 bits per heavy atom. The maximum absolute atomic E-state index is 12.5. The monoisotopic (exact) mass is 307 g/mol. The van der Waals surface area contributed by atoms with E-state index in [1.54, 1.807) is 18.1 Å². The molecule has 0 unspecified atom stereocenters. The molecule has 5 nitrogen and oxygen atoms in total. The van der Waals surface area contributed by atoms with Crippen LogP contribution in [0.25, 0.3) is 11.1 Å². The Balaban J connectivity index is 1.93. The van der Waals surface area contributed by atoms with Crippen molar-refractivity contribution in [1.29, 1.82) is 5.26 Å². The molecule has 1 aliphatic rings. The summed E-state index contributed by atoms with van der Waals surface area (Å²) in [5.74, 6) is -0.00378. The normalized spacial score (nSPS) is 13.2. The number of carbonyl (C=O) groups is 1. The summed E-state index contributed by atoms with van der Waals surface area (Å²) >= 11 is 0. The summed E-state index contributed by atoms with van der Waals surface area (Å²) in [5, 5.41) is 12.5. The van der Waals surface area contributed by atoms with Gasteiger partial charge in [-0.2, -0.15) is 5.26 Å². The average Bonchev–Trinajstić information content (AvgIpc) is 2.61. The standard InChI is InChI=1S/C18H17N3O2/c1-23-9-8-21-12-20-17-10-13(6-7-16(17)18(21)22)15-5-3-2-4-14(15)11-19/h2-7,10,20H,8-9,12H2,1H3. The van der Waals surface area contributed by atoms with Gasteiger partial charge in [0.15, 0.2) is 0 Å². The number of hydrogen-bond acceptors (Lipinski definition) is 4. The lowest BCUT2D eigenvalue weighted by molar-refractivity contribution is 0.0700. The van der Waals surface area contributed by atoms with Gasteiger partial charge in [-0.15, -0.1) is 0 Å². The lowest BCUT2D eigenvalue weighted by atomic mass is 9.97. The van der Waals surface area contributed by atoms with Crippen LogP contribution in [-0.4, -0.2) is 37.7 Å². The molecule has 5 heteroatoms. The van der Waals surface area contributed by atoms with Crippen molar-refractivity contribution in [3.63, 3.8) is 0 Å². The maximum Gasteiger partial charge on any atom is 0.257 e. The van der Waals surface area contributed by atoms with Crippen LogP contribution in [0, 0.1) is 11.3 Å². The number of carbonyl (C=O) groups excluding carboxylic acids is 1. The second kappa shape index (κ2) is 6.51. The van der Waals surface area contributed by atoms with Crippen LogP contribution in [0.15, 0.2) is 42.5 Å². The van der Waals surface area contributed by atoms with Crippen molar-refractivity contribution in [3.8, 4) is 17.2 Å². The summed E-state index contributed by atoms with van der Waals surface area (Å²) in [7, 11) is 1.62. The Kier molecular flexibility index (Phi) is 4.26. The van der Waals surface area contributed by atoms with Crippen LogP contribution in [0.4, 0.5) is 5.69 Å². The van der Waals surface area contributed by atoms with Crippen molar-refractivity contribution in [3.05, 3.63) is 53.6 Å². The number of nitrogens with zero attached hydrogens (tertiary/aromatic N) is 2. The minimum Gasteiger partial charge on any atom is -0.383 e. The first-order valence-electron chi connectivity index (χ1n) is 7.40. The molecule has 116 valence electrons. The van der Waals surface area contributed by atoms with Crippen LogP contribution in [-0.2, 0) is 4.74 Å². The minimum atomic E-state index is -0.00378. The molecule has 0 aliphatic carbocycles. The molecule has 1 heterocycles. The van der Waals surface area contributed by atoms with Crippen LogP contribution < -0.4 is 5.32 Å². The molecule has 1 aliphatic heterocycles. The molecule has 0 fully saturated rings. The highest BCUT2D eigenvalue weighted by Crippen LogP contribution is 2.30. The van der Waals surface area contributed by atoms with Gasteiger partial charge in [-0.05, 0) is 29.3 Å². The Labute approximate surface area is 135 Å². The Hall–Kier alpha value is -2.84. The average molecular weight is 307 g/mol. The van der Waals surface area contributed by atoms with E-state index in [1.165, 1.54) is 0 Å². The summed E-state index contributed by atoms with van der Waals surface area (Å²) in [6.45, 7) is 1.52. The van der Waals surface area contributed by atoms with Crippen molar-refractivity contribution >= 4 is 11.6 Å². The van der Waals surface area contributed by atoms with E-state index < -0.39 is 0 Å². The van der Waals surface area contributed by atoms with E-state index in [0.29, 0.717) is 30.9 Å². The Bertz CT molecular complexity index is 780. The van der Waals surface area contributed by atoms with Gasteiger partial charge in [0.1, 0.15) is 0 Å². The second-order valence-electron chi connectivity index (χ2n) is 5.31. The lowest BCUT2D eigenvalue weighted by Crippen LogP contribution is -2.41. The minimum absolute atomic E-state index is 0.00378. The number of nitriles is 1. The molecule has 0 saturated heterocycles. The molecule has 1 N–H and O–H groups in total. The quantitative estimate of drug-likeness (QED) is 0.943. The van der Waals surface area contributed by atoms with E-state index in [-0.39, 0.29) is 5.91 Å². The maximum atomic E-state index is 12.5. The largest absolute Gasteiger partial charge is 0.383 e. The van der Waals surface area contributed by atoms with Gasteiger partial charge in [0, 0.05) is 19.3 Å². The van der Waals surface area contributed by atoms with Gasteiger partial charge in [0.25, 0.3) is 5.91 Å². The molecule has 0 radical (unpaired) electrons. The fraction of sp³-hybridized carbons (Fsp3) is 0.222. The van der Waals surface area contributed by atoms with Crippen LogP contribution in [0.2, 0.25) is 0 Å². The lowest BCUT2D eigenvalue weighted by Gasteiger charge is -2.29. The highest BCUT2D eigenvalue weighted by molar-refractivity contribution is 6.02. The number of fused-ring (bicyclic) bond motifs is 1. The third kappa shape index (κ3) is 2.89. The highest BCUT2D eigenvalue weighted by atomic mass is 16.5. The van der Waals surface area contributed by atoms with Gasteiger partial charge < -0.3 is 15.0 Å². The summed E-state index contributed by atoms with van der Waals surface area (Å²) in [6.07, 6.45) is 0. The third-order valence-electron chi connectivity index (χ3n) is 3.92. The molecule has 1 amide bonds. The van der Waals surface area contributed by atoms with Gasteiger partial charge in [0.05, 0.1) is 30.5 Å². The number of amides is 1. The summed E-state index contributed by atoms with van der Waals surface area (Å²) < 4.78 is 5.03. The highest BCUT2D eigenvalue weighted by Gasteiger charge is 2.24. The van der Waals surface area contributed by atoms with Crippen LogP contribution in [0.3, 0.4) is 0 Å². The molecule has 2 aromatic rings. The van der Waals surface area contributed by atoms with Crippen LogP contribution >= 0.6 is 0 Å². The van der Waals surface area contributed by atoms with E-state index in [2.05, 4.69) is 11.4 Å². The molecular formula is C18H17N3O2. The zero-order valence-corrected chi connectivity index (χ0v) is 12.9. The predicted octanol–water partition coefficient (Wildman–Crippen LogP) is 2.70. The van der Waals surface area contributed by atoms with E-state index >= 15 is 0 Å². The smallest absolute Gasteiger partial charge is 0.257 e. The van der Waals surface area contributed by atoms with E-state index in [1.807, 2.05) is 36.4 Å². The van der Waals surface area contributed by atoms with Crippen LogP contribution in [0.5, 0.6) is 0 Å². The fourth-order valence-electron chi connectivity index (χ4n) is 2.68. The van der Waals surface area contributed by atoms with E-state index in [4.69, 9.17) is 4.74 Å². The Morgan fingerprint density at radius 2 is 2.09 bits per heavy atom. The van der Waals surface area contributed by atoms with E-state index in [0.717, 1.165) is 16.8 Å². The molecule has 0 saturated carbocycles. The molecule has 23 heavy (non-hydrogen) atoms. The van der Waals surface area contributed by atoms with Gasteiger partial charge >= 0.3 is 0 Å². The SMILES string of the molecule is COCCN1CNc2cc(-c3ccccc3C#N)ccc2C1=O. The number of benzene rings is 2. The van der Waals surface area contributed by atoms with Gasteiger partial charge in [-0.1, -0.05) is 24.3 Å². The molecule has 0 spiro atoms. The Morgan fingerprint density at radius 3 is 2.87 bits per heavy atom. The van der Waals surface area contributed by atoms with Crippen molar-refractivity contribution in [2.75, 3.05) is 32.2 Å². The summed E-state index contributed by atoms with van der Waals surface area (Å²) in [6, 6.07) is 15.3. The zero-order chi connectivity index (χ0) is 16.2. The molecule has 3 rings (SSSR count). The first kappa shape index (κ1) is 15.1. The molecule has 2 aromatic carbocycles. The zero-order valence-electron chi connectivity index (χ0n) is 12.9. The van der Waals surface area contributed by atoms with Crippen molar-refractivity contribution in [2.45, 2.75) is 0 Å². The molecule has 0 atom stereocenters. The third-order valence-corrected chi connectivity index (χ3v) is 3.92. The van der Waals surface area contributed by atoms with Crippen molar-refractivity contribution in [2.24, 2.45) is 0 Å². The van der Waals surface area contributed by atoms with Crippen LogP contribution in [0.1, 0.15) is 15.9 Å². The van der Waals surface area contributed by atoms with E-state index in [9.17, 15) is 10.1 Å². The van der Waals surface area contributed by atoms with Gasteiger partial charge in [0.2, 0.25) is 0 Å². The first-order chi connectivity index (χ1) is 11.2. The van der Waals surface area contributed by atoms with Gasteiger partial charge in [-0.3, -0.25) is 4.79 Å². The summed E-state index contributed by atoms with van der Waals surface area (Å²) in [4.78, 5) is 14.2.